The van der Waals surface area contributed by atoms with E-state index in [4.69, 9.17) is 5.26 Å². The molecule has 0 fully saturated rings. The molecule has 0 bridgehead atoms. The molecule has 0 spiro atoms. The van der Waals surface area contributed by atoms with Gasteiger partial charge in [-0.05, 0) is 32.8 Å². The smallest absolute Gasteiger partial charge is 0.0687 e. The van der Waals surface area contributed by atoms with E-state index < -0.39 is 0 Å². The van der Waals surface area contributed by atoms with Crippen molar-refractivity contribution in [2.24, 2.45) is 5.41 Å². The summed E-state index contributed by atoms with van der Waals surface area (Å²) in [5.74, 6) is 0. The van der Waals surface area contributed by atoms with Gasteiger partial charge in [0.15, 0.2) is 0 Å². The van der Waals surface area contributed by atoms with Gasteiger partial charge in [-0.25, -0.2) is 0 Å². The number of rotatable bonds is 2. The lowest BCUT2D eigenvalue weighted by atomic mass is 9.87. The van der Waals surface area contributed by atoms with E-state index in [9.17, 15) is 0 Å². The van der Waals surface area contributed by atoms with Gasteiger partial charge in [-0.3, -0.25) is 0 Å². The van der Waals surface area contributed by atoms with Crippen LogP contribution in [0.15, 0.2) is 24.3 Å². The summed E-state index contributed by atoms with van der Waals surface area (Å²) in [6, 6.07) is 10.7. The molecule has 0 N–H and O–H groups in total. The summed E-state index contributed by atoms with van der Waals surface area (Å²) in [4.78, 5) is 0. The van der Waals surface area contributed by atoms with Crippen LogP contribution in [0.2, 0.25) is 0 Å². The van der Waals surface area contributed by atoms with Crippen LogP contribution in [0.3, 0.4) is 0 Å². The SMILES string of the molecule is Cc1ccc(CC(C)(C)C#N)cc1. The average molecular weight is 173 g/mol. The van der Waals surface area contributed by atoms with Gasteiger partial charge < -0.3 is 0 Å². The molecule has 1 rings (SSSR count). The highest BCUT2D eigenvalue weighted by atomic mass is 14.3. The van der Waals surface area contributed by atoms with Crippen molar-refractivity contribution in [2.45, 2.75) is 27.2 Å². The van der Waals surface area contributed by atoms with E-state index in [-0.39, 0.29) is 5.41 Å². The molecule has 0 radical (unpaired) electrons. The molecule has 1 heteroatoms. The van der Waals surface area contributed by atoms with Crippen molar-refractivity contribution in [1.82, 2.24) is 0 Å². The molecule has 0 aliphatic carbocycles. The molecule has 0 aliphatic heterocycles. The molecule has 0 saturated heterocycles. The largest absolute Gasteiger partial charge is 0.198 e. The lowest BCUT2D eigenvalue weighted by Gasteiger charge is -2.14. The van der Waals surface area contributed by atoms with Crippen LogP contribution in [0.4, 0.5) is 0 Å². The van der Waals surface area contributed by atoms with Crippen molar-refractivity contribution < 1.29 is 0 Å². The zero-order valence-corrected chi connectivity index (χ0v) is 8.46. The van der Waals surface area contributed by atoms with Crippen LogP contribution >= 0.6 is 0 Å². The summed E-state index contributed by atoms with van der Waals surface area (Å²) in [5, 5.41) is 8.86. The first-order valence-corrected chi connectivity index (χ1v) is 4.50. The fourth-order valence-electron chi connectivity index (χ4n) is 1.26. The van der Waals surface area contributed by atoms with Gasteiger partial charge in [-0.1, -0.05) is 29.8 Å². The Morgan fingerprint density at radius 3 is 2.23 bits per heavy atom. The van der Waals surface area contributed by atoms with Gasteiger partial charge in [0.1, 0.15) is 0 Å². The zero-order valence-electron chi connectivity index (χ0n) is 8.46. The third-order valence-corrected chi connectivity index (χ3v) is 2.07. The molecule has 1 aromatic rings. The molecule has 68 valence electrons. The van der Waals surface area contributed by atoms with Gasteiger partial charge in [0.2, 0.25) is 0 Å². The summed E-state index contributed by atoms with van der Waals surface area (Å²) < 4.78 is 0. The first-order valence-electron chi connectivity index (χ1n) is 4.50. The summed E-state index contributed by atoms with van der Waals surface area (Å²) >= 11 is 0. The van der Waals surface area contributed by atoms with Crippen LogP contribution in [-0.2, 0) is 6.42 Å². The minimum atomic E-state index is -0.255. The Balaban J connectivity index is 2.77. The second kappa shape index (κ2) is 3.62. The van der Waals surface area contributed by atoms with E-state index in [0.717, 1.165) is 6.42 Å². The van der Waals surface area contributed by atoms with E-state index in [1.54, 1.807) is 0 Å². The maximum absolute atomic E-state index is 8.86. The van der Waals surface area contributed by atoms with Crippen LogP contribution in [0.1, 0.15) is 25.0 Å². The monoisotopic (exact) mass is 173 g/mol. The van der Waals surface area contributed by atoms with Gasteiger partial charge in [0.05, 0.1) is 11.5 Å². The third-order valence-electron chi connectivity index (χ3n) is 2.07. The lowest BCUT2D eigenvalue weighted by Crippen LogP contribution is -2.11. The molecule has 0 aromatic heterocycles. The van der Waals surface area contributed by atoms with Gasteiger partial charge in [0, 0.05) is 0 Å². The Bertz CT molecular complexity index is 314. The van der Waals surface area contributed by atoms with Gasteiger partial charge in [-0.2, -0.15) is 5.26 Å². The fourth-order valence-corrected chi connectivity index (χ4v) is 1.26. The fraction of sp³-hybridized carbons (Fsp3) is 0.417. The molecule has 0 amide bonds. The van der Waals surface area contributed by atoms with Crippen LogP contribution in [0.25, 0.3) is 0 Å². The average Bonchev–Trinajstić information content (AvgIpc) is 2.09. The molecule has 0 heterocycles. The second-order valence-corrected chi connectivity index (χ2v) is 4.16. The van der Waals surface area contributed by atoms with Crippen molar-refractivity contribution in [3.05, 3.63) is 35.4 Å². The minimum Gasteiger partial charge on any atom is -0.198 e. The van der Waals surface area contributed by atoms with Crippen molar-refractivity contribution in [1.29, 1.82) is 5.26 Å². The number of nitrogens with zero attached hydrogens (tertiary/aromatic N) is 1. The van der Waals surface area contributed by atoms with Crippen LogP contribution in [0, 0.1) is 23.7 Å². The van der Waals surface area contributed by atoms with Crippen LogP contribution in [-0.4, -0.2) is 0 Å². The third kappa shape index (κ3) is 2.91. The summed E-state index contributed by atoms with van der Waals surface area (Å²) in [6.45, 7) is 6.00. The normalized spacial score (nSPS) is 10.9. The van der Waals surface area contributed by atoms with Gasteiger partial charge in [0.25, 0.3) is 0 Å². The van der Waals surface area contributed by atoms with E-state index in [1.165, 1.54) is 11.1 Å². The number of benzene rings is 1. The Morgan fingerprint density at radius 2 is 1.77 bits per heavy atom. The predicted octanol–water partition coefficient (Wildman–Crippen LogP) is 3.09. The second-order valence-electron chi connectivity index (χ2n) is 4.16. The van der Waals surface area contributed by atoms with Crippen LogP contribution < -0.4 is 0 Å². The Labute approximate surface area is 80.0 Å². The minimum absolute atomic E-state index is 0.255. The van der Waals surface area contributed by atoms with Gasteiger partial charge >= 0.3 is 0 Å². The van der Waals surface area contributed by atoms with Crippen molar-refractivity contribution in [3.8, 4) is 6.07 Å². The quantitative estimate of drug-likeness (QED) is 0.674. The van der Waals surface area contributed by atoms with Crippen molar-refractivity contribution in [2.75, 3.05) is 0 Å². The molecule has 0 unspecified atom stereocenters. The molecular formula is C12H15N. The number of aryl methyl sites for hydroxylation is 1. The molecule has 0 atom stereocenters. The Hall–Kier alpha value is -1.29. The lowest BCUT2D eigenvalue weighted by molar-refractivity contribution is 0.493. The van der Waals surface area contributed by atoms with Crippen molar-refractivity contribution in [3.63, 3.8) is 0 Å². The number of hydrogen-bond donors (Lipinski definition) is 0. The molecule has 0 saturated carbocycles. The maximum atomic E-state index is 8.86. The first kappa shape index (κ1) is 9.80. The molecule has 1 aromatic carbocycles. The molecular weight excluding hydrogens is 158 g/mol. The highest BCUT2D eigenvalue weighted by Crippen LogP contribution is 2.20. The Morgan fingerprint density at radius 1 is 1.23 bits per heavy atom. The standard InChI is InChI=1S/C12H15N/c1-10-4-6-11(7-5-10)8-12(2,3)9-13/h4-7H,8H2,1-3H3. The van der Waals surface area contributed by atoms with Crippen molar-refractivity contribution >= 4 is 0 Å². The molecule has 1 nitrogen and oxygen atoms in total. The summed E-state index contributed by atoms with van der Waals surface area (Å²) in [5.41, 5.74) is 2.24. The van der Waals surface area contributed by atoms with Gasteiger partial charge in [-0.15, -0.1) is 0 Å². The van der Waals surface area contributed by atoms with Crippen LogP contribution in [0.5, 0.6) is 0 Å². The van der Waals surface area contributed by atoms with E-state index in [0.29, 0.717) is 0 Å². The topological polar surface area (TPSA) is 23.8 Å². The highest BCUT2D eigenvalue weighted by Gasteiger charge is 2.16. The number of hydrogen-bond acceptors (Lipinski definition) is 1. The molecule has 0 aliphatic rings. The predicted molar refractivity (Wildman–Crippen MR) is 54.3 cm³/mol. The summed E-state index contributed by atoms with van der Waals surface area (Å²) in [6.07, 6.45) is 0.823. The first-order chi connectivity index (χ1) is 6.03. The summed E-state index contributed by atoms with van der Waals surface area (Å²) in [7, 11) is 0. The van der Waals surface area contributed by atoms with E-state index in [1.807, 2.05) is 13.8 Å². The molecule has 13 heavy (non-hydrogen) atoms. The van der Waals surface area contributed by atoms with E-state index >= 15 is 0 Å². The van der Waals surface area contributed by atoms with E-state index in [2.05, 4.69) is 37.3 Å². The Kier molecular flexibility index (Phi) is 2.72. The maximum Gasteiger partial charge on any atom is 0.0687 e. The zero-order chi connectivity index (χ0) is 9.90. The highest BCUT2D eigenvalue weighted by molar-refractivity contribution is 5.23. The number of nitriles is 1.